The van der Waals surface area contributed by atoms with Crippen LogP contribution >= 0.6 is 35.8 Å². The second kappa shape index (κ2) is 11.0. The average Bonchev–Trinajstić information content (AvgIpc) is 2.59. The predicted molar refractivity (Wildman–Crippen MR) is 113 cm³/mol. The minimum absolute atomic E-state index is 0. The van der Waals surface area contributed by atoms with Crippen molar-refractivity contribution in [2.24, 2.45) is 5.73 Å². The van der Waals surface area contributed by atoms with Crippen molar-refractivity contribution in [2.45, 2.75) is 44.7 Å². The molecule has 2 amide bonds. The molecule has 8 heteroatoms. The second-order valence-corrected chi connectivity index (χ2v) is 7.81. The van der Waals surface area contributed by atoms with Crippen molar-refractivity contribution in [2.75, 3.05) is 23.9 Å². The Balaban J connectivity index is 0.00000338. The van der Waals surface area contributed by atoms with Crippen molar-refractivity contribution in [1.29, 1.82) is 0 Å². The van der Waals surface area contributed by atoms with Crippen LogP contribution in [0.15, 0.2) is 18.2 Å². The summed E-state index contributed by atoms with van der Waals surface area (Å²) in [5, 5.41) is 3.11. The van der Waals surface area contributed by atoms with Crippen LogP contribution in [0.3, 0.4) is 0 Å². The Kier molecular flexibility index (Phi) is 9.79. The molecular formula is C18H27Cl2N3O2S. The first-order chi connectivity index (χ1) is 11.9. The SMILES string of the molecule is CSCC[C@H](N)C(=O)Nc1ccc(C(=O)N2CCCCC2C)c(Cl)c1.Cl. The molecule has 1 aliphatic heterocycles. The van der Waals surface area contributed by atoms with Gasteiger partial charge in [0.25, 0.3) is 5.91 Å². The van der Waals surface area contributed by atoms with E-state index in [2.05, 4.69) is 12.2 Å². The summed E-state index contributed by atoms with van der Waals surface area (Å²) >= 11 is 7.96. The third kappa shape index (κ3) is 6.05. The number of likely N-dealkylation sites (tertiary alicyclic amines) is 1. The van der Waals surface area contributed by atoms with Crippen LogP contribution < -0.4 is 11.1 Å². The largest absolute Gasteiger partial charge is 0.336 e. The van der Waals surface area contributed by atoms with E-state index in [0.717, 1.165) is 31.6 Å². The fraction of sp³-hybridized carbons (Fsp3) is 0.556. The van der Waals surface area contributed by atoms with Gasteiger partial charge in [-0.2, -0.15) is 11.8 Å². The van der Waals surface area contributed by atoms with Gasteiger partial charge in [0.1, 0.15) is 0 Å². The van der Waals surface area contributed by atoms with Gasteiger partial charge in [-0.25, -0.2) is 0 Å². The third-order valence-electron chi connectivity index (χ3n) is 4.50. The molecule has 1 saturated heterocycles. The lowest BCUT2D eigenvalue weighted by Crippen LogP contribution is -2.42. The van der Waals surface area contributed by atoms with Gasteiger partial charge in [-0.1, -0.05) is 11.6 Å². The molecule has 26 heavy (non-hydrogen) atoms. The van der Waals surface area contributed by atoms with Crippen LogP contribution in [0.1, 0.15) is 43.0 Å². The Hall–Kier alpha value is -0.950. The average molecular weight is 420 g/mol. The van der Waals surface area contributed by atoms with Gasteiger partial charge < -0.3 is 16.0 Å². The number of carbonyl (C=O) groups excluding carboxylic acids is 2. The van der Waals surface area contributed by atoms with Crippen LogP contribution in [0.5, 0.6) is 0 Å². The smallest absolute Gasteiger partial charge is 0.255 e. The predicted octanol–water partition coefficient (Wildman–Crippen LogP) is 3.80. The lowest BCUT2D eigenvalue weighted by molar-refractivity contribution is -0.117. The maximum absolute atomic E-state index is 12.7. The highest BCUT2D eigenvalue weighted by atomic mass is 35.5. The number of hydrogen-bond acceptors (Lipinski definition) is 4. The lowest BCUT2D eigenvalue weighted by Gasteiger charge is -2.33. The number of piperidine rings is 1. The van der Waals surface area contributed by atoms with Crippen molar-refractivity contribution >= 4 is 53.3 Å². The fourth-order valence-corrected chi connectivity index (χ4v) is 3.68. The van der Waals surface area contributed by atoms with Gasteiger partial charge in [-0.15, -0.1) is 12.4 Å². The van der Waals surface area contributed by atoms with Crippen LogP contribution in [0.4, 0.5) is 5.69 Å². The Morgan fingerprint density at radius 1 is 1.42 bits per heavy atom. The normalized spacial score (nSPS) is 18.0. The summed E-state index contributed by atoms with van der Waals surface area (Å²) in [6.07, 6.45) is 5.79. The molecule has 2 rings (SSSR count). The zero-order valence-corrected chi connectivity index (χ0v) is 17.6. The summed E-state index contributed by atoms with van der Waals surface area (Å²) in [5.74, 6) is 0.539. The van der Waals surface area contributed by atoms with Crippen LogP contribution in [0.25, 0.3) is 0 Å². The molecule has 1 unspecified atom stereocenters. The van der Waals surface area contributed by atoms with Crippen molar-refractivity contribution in [3.63, 3.8) is 0 Å². The number of nitrogens with two attached hydrogens (primary N) is 1. The van der Waals surface area contributed by atoms with E-state index in [0.29, 0.717) is 22.7 Å². The minimum Gasteiger partial charge on any atom is -0.336 e. The number of nitrogens with zero attached hydrogens (tertiary/aromatic N) is 1. The Bertz CT molecular complexity index is 630. The summed E-state index contributed by atoms with van der Waals surface area (Å²) in [5.41, 5.74) is 6.89. The number of benzene rings is 1. The molecule has 3 N–H and O–H groups in total. The molecule has 0 aliphatic carbocycles. The number of thioether (sulfide) groups is 1. The van der Waals surface area contributed by atoms with Gasteiger partial charge in [0.2, 0.25) is 5.91 Å². The molecule has 0 saturated carbocycles. The summed E-state index contributed by atoms with van der Waals surface area (Å²) in [6.45, 7) is 2.83. The number of rotatable bonds is 6. The first-order valence-corrected chi connectivity index (χ1v) is 10.4. The number of nitrogens with one attached hydrogen (secondary N) is 1. The third-order valence-corrected chi connectivity index (χ3v) is 5.46. The quantitative estimate of drug-likeness (QED) is 0.734. The molecule has 1 aliphatic rings. The zero-order chi connectivity index (χ0) is 18.4. The van der Waals surface area contributed by atoms with Crippen molar-refractivity contribution in [1.82, 2.24) is 4.90 Å². The number of hydrogen-bond donors (Lipinski definition) is 2. The molecular weight excluding hydrogens is 393 g/mol. The summed E-state index contributed by atoms with van der Waals surface area (Å²) in [6, 6.07) is 4.66. The van der Waals surface area contributed by atoms with Gasteiger partial charge in [0.15, 0.2) is 0 Å². The van der Waals surface area contributed by atoms with Crippen molar-refractivity contribution in [3.8, 4) is 0 Å². The topological polar surface area (TPSA) is 75.4 Å². The summed E-state index contributed by atoms with van der Waals surface area (Å²) in [7, 11) is 0. The maximum Gasteiger partial charge on any atom is 0.255 e. The van der Waals surface area contributed by atoms with Gasteiger partial charge in [0.05, 0.1) is 16.6 Å². The Morgan fingerprint density at radius 3 is 2.77 bits per heavy atom. The van der Waals surface area contributed by atoms with Gasteiger partial charge in [-0.3, -0.25) is 9.59 Å². The van der Waals surface area contributed by atoms with E-state index in [1.807, 2.05) is 11.2 Å². The molecule has 146 valence electrons. The standard InChI is InChI=1S/C18H26ClN3O2S.ClH/c1-12-5-3-4-9-22(12)18(24)14-7-6-13(11-15(14)19)21-17(23)16(20)8-10-25-2;/h6-7,11-12,16H,3-5,8-10,20H2,1-2H3,(H,21,23);1H/t12?,16-;/m0./s1. The van der Waals surface area contributed by atoms with Crippen molar-refractivity contribution in [3.05, 3.63) is 28.8 Å². The van der Waals surface area contributed by atoms with E-state index >= 15 is 0 Å². The van der Waals surface area contributed by atoms with Crippen LogP contribution in [0.2, 0.25) is 5.02 Å². The molecule has 1 heterocycles. The monoisotopic (exact) mass is 419 g/mol. The lowest BCUT2D eigenvalue weighted by atomic mass is 10.0. The number of carbonyl (C=O) groups is 2. The molecule has 1 aromatic carbocycles. The Labute approximate surface area is 170 Å². The molecule has 1 fully saturated rings. The van der Waals surface area contributed by atoms with E-state index in [-0.39, 0.29) is 30.3 Å². The second-order valence-electron chi connectivity index (χ2n) is 6.42. The van der Waals surface area contributed by atoms with E-state index in [1.165, 1.54) is 0 Å². The summed E-state index contributed by atoms with van der Waals surface area (Å²) < 4.78 is 0. The van der Waals surface area contributed by atoms with Gasteiger partial charge >= 0.3 is 0 Å². The van der Waals surface area contributed by atoms with Crippen molar-refractivity contribution < 1.29 is 9.59 Å². The molecule has 0 aromatic heterocycles. The molecule has 1 aromatic rings. The Morgan fingerprint density at radius 2 is 2.15 bits per heavy atom. The van der Waals surface area contributed by atoms with E-state index in [1.54, 1.807) is 30.0 Å². The van der Waals surface area contributed by atoms with Gasteiger partial charge in [0, 0.05) is 18.3 Å². The summed E-state index contributed by atoms with van der Waals surface area (Å²) in [4.78, 5) is 26.7. The molecule has 0 spiro atoms. The van der Waals surface area contributed by atoms with Crippen LogP contribution in [-0.4, -0.2) is 47.4 Å². The van der Waals surface area contributed by atoms with Crippen LogP contribution in [-0.2, 0) is 4.79 Å². The highest BCUT2D eigenvalue weighted by Crippen LogP contribution is 2.26. The van der Waals surface area contributed by atoms with Gasteiger partial charge in [-0.05, 0) is 62.8 Å². The number of amides is 2. The molecule has 0 radical (unpaired) electrons. The number of halogens is 2. The highest BCUT2D eigenvalue weighted by Gasteiger charge is 2.25. The van der Waals surface area contributed by atoms with E-state index in [4.69, 9.17) is 17.3 Å². The fourth-order valence-electron chi connectivity index (χ4n) is 2.93. The zero-order valence-electron chi connectivity index (χ0n) is 15.2. The highest BCUT2D eigenvalue weighted by molar-refractivity contribution is 7.98. The van der Waals surface area contributed by atoms with E-state index < -0.39 is 6.04 Å². The molecule has 0 bridgehead atoms. The first kappa shape index (κ1) is 23.1. The van der Waals surface area contributed by atoms with E-state index in [9.17, 15) is 9.59 Å². The minimum atomic E-state index is -0.554. The number of anilines is 1. The first-order valence-electron chi connectivity index (χ1n) is 8.60. The van der Waals surface area contributed by atoms with Crippen LogP contribution in [0, 0.1) is 0 Å². The molecule has 5 nitrogen and oxygen atoms in total. The maximum atomic E-state index is 12.7. The molecule has 2 atom stereocenters.